The Labute approximate surface area is 155 Å². The molecule has 1 N–H and O–H groups in total. The quantitative estimate of drug-likeness (QED) is 0.689. The fourth-order valence-corrected chi connectivity index (χ4v) is 5.84. The van der Waals surface area contributed by atoms with Crippen LogP contribution in [0.15, 0.2) is 41.1 Å². The lowest BCUT2D eigenvalue weighted by Gasteiger charge is -2.36. The number of aryl methyl sites for hydroxylation is 1. The van der Waals surface area contributed by atoms with Crippen molar-refractivity contribution >= 4 is 38.7 Å². The first-order valence-electron chi connectivity index (χ1n) is 8.62. The molecule has 25 heavy (non-hydrogen) atoms. The van der Waals surface area contributed by atoms with Crippen LogP contribution >= 0.6 is 22.7 Å². The number of fused-ring (bicyclic) bond motifs is 1. The van der Waals surface area contributed by atoms with Gasteiger partial charge in [0.15, 0.2) is 0 Å². The molecule has 0 saturated carbocycles. The summed E-state index contributed by atoms with van der Waals surface area (Å²) in [6.45, 7) is 3.85. The second-order valence-electron chi connectivity index (χ2n) is 6.71. The molecule has 2 aromatic heterocycles. The zero-order valence-electron chi connectivity index (χ0n) is 14.1. The van der Waals surface area contributed by atoms with Crippen LogP contribution in [0.25, 0.3) is 10.1 Å². The van der Waals surface area contributed by atoms with Crippen LogP contribution in [0.4, 0.5) is 0 Å². The predicted molar refractivity (Wildman–Crippen MR) is 105 cm³/mol. The minimum Gasteiger partial charge on any atom is -0.481 e. The van der Waals surface area contributed by atoms with Gasteiger partial charge in [0.1, 0.15) is 0 Å². The molecule has 3 aromatic rings. The van der Waals surface area contributed by atoms with Gasteiger partial charge in [0, 0.05) is 9.58 Å². The predicted octanol–water partition coefficient (Wildman–Crippen LogP) is 5.16. The van der Waals surface area contributed by atoms with Gasteiger partial charge in [0.05, 0.1) is 12.0 Å². The molecule has 1 fully saturated rings. The number of carbonyl (C=O) groups is 1. The van der Waals surface area contributed by atoms with Crippen LogP contribution in [0.1, 0.15) is 34.9 Å². The number of nitrogens with zero attached hydrogens (tertiary/aromatic N) is 1. The summed E-state index contributed by atoms with van der Waals surface area (Å²) in [5.41, 5.74) is 2.69. The molecule has 1 aliphatic rings. The van der Waals surface area contributed by atoms with E-state index in [1.54, 1.807) is 11.3 Å². The SMILES string of the molecule is Cc1ccsc1C(c1csc2ccccc12)N1CCC(C(=O)O)CC1. The van der Waals surface area contributed by atoms with Crippen molar-refractivity contribution in [2.45, 2.75) is 25.8 Å². The van der Waals surface area contributed by atoms with Crippen LogP contribution in [0.3, 0.4) is 0 Å². The number of hydrogen-bond acceptors (Lipinski definition) is 4. The van der Waals surface area contributed by atoms with E-state index in [4.69, 9.17) is 0 Å². The number of carboxylic acids is 1. The van der Waals surface area contributed by atoms with E-state index in [9.17, 15) is 9.90 Å². The second-order valence-corrected chi connectivity index (χ2v) is 8.57. The average Bonchev–Trinajstić information content (AvgIpc) is 3.23. The Morgan fingerprint density at radius 3 is 2.64 bits per heavy atom. The summed E-state index contributed by atoms with van der Waals surface area (Å²) in [5, 5.41) is 15.1. The highest BCUT2D eigenvalue weighted by atomic mass is 32.1. The third-order valence-electron chi connectivity index (χ3n) is 5.20. The van der Waals surface area contributed by atoms with Gasteiger partial charge in [-0.25, -0.2) is 0 Å². The summed E-state index contributed by atoms with van der Waals surface area (Å²) in [4.78, 5) is 15.2. The van der Waals surface area contributed by atoms with Gasteiger partial charge in [-0.1, -0.05) is 18.2 Å². The maximum absolute atomic E-state index is 11.3. The van der Waals surface area contributed by atoms with Gasteiger partial charge in [0.2, 0.25) is 0 Å². The van der Waals surface area contributed by atoms with Gasteiger partial charge in [-0.05, 0) is 72.3 Å². The lowest BCUT2D eigenvalue weighted by atomic mass is 9.93. The topological polar surface area (TPSA) is 40.5 Å². The number of carboxylic acid groups (broad SMARTS) is 1. The molecule has 1 unspecified atom stereocenters. The van der Waals surface area contributed by atoms with Crippen molar-refractivity contribution in [1.82, 2.24) is 4.90 Å². The summed E-state index contributed by atoms with van der Waals surface area (Å²) in [7, 11) is 0. The molecule has 1 aliphatic heterocycles. The largest absolute Gasteiger partial charge is 0.481 e. The van der Waals surface area contributed by atoms with Crippen molar-refractivity contribution in [3.63, 3.8) is 0 Å². The van der Waals surface area contributed by atoms with Gasteiger partial charge in [-0.3, -0.25) is 9.69 Å². The third-order valence-corrected chi connectivity index (χ3v) is 7.25. The Balaban J connectivity index is 1.73. The van der Waals surface area contributed by atoms with E-state index < -0.39 is 5.97 Å². The molecule has 3 heterocycles. The molecule has 3 nitrogen and oxygen atoms in total. The molecule has 5 heteroatoms. The molecule has 1 aromatic carbocycles. The second kappa shape index (κ2) is 6.90. The van der Waals surface area contributed by atoms with E-state index >= 15 is 0 Å². The zero-order chi connectivity index (χ0) is 17.4. The fraction of sp³-hybridized carbons (Fsp3) is 0.350. The lowest BCUT2D eigenvalue weighted by Crippen LogP contribution is -2.39. The van der Waals surface area contributed by atoms with Crippen LogP contribution in [0, 0.1) is 12.8 Å². The van der Waals surface area contributed by atoms with E-state index in [0.29, 0.717) is 0 Å². The molecule has 130 valence electrons. The molecule has 0 aliphatic carbocycles. The Kier molecular flexibility index (Phi) is 4.63. The van der Waals surface area contributed by atoms with Crippen molar-refractivity contribution in [1.29, 1.82) is 0 Å². The molecule has 0 amide bonds. The van der Waals surface area contributed by atoms with Gasteiger partial charge in [-0.2, -0.15) is 0 Å². The fourth-order valence-electron chi connectivity index (χ4n) is 3.78. The third kappa shape index (κ3) is 3.12. The molecule has 0 bridgehead atoms. The molecule has 0 radical (unpaired) electrons. The maximum Gasteiger partial charge on any atom is 0.306 e. The van der Waals surface area contributed by atoms with Gasteiger partial charge in [0.25, 0.3) is 0 Å². The first-order valence-corrected chi connectivity index (χ1v) is 10.4. The maximum atomic E-state index is 11.3. The molecule has 1 saturated heterocycles. The monoisotopic (exact) mass is 371 g/mol. The number of piperidine rings is 1. The highest BCUT2D eigenvalue weighted by Gasteiger charge is 2.32. The van der Waals surface area contributed by atoms with Crippen LogP contribution in [0.5, 0.6) is 0 Å². The minimum atomic E-state index is -0.649. The molecule has 4 rings (SSSR count). The van der Waals surface area contributed by atoms with Crippen molar-refractivity contribution in [3.05, 3.63) is 57.1 Å². The van der Waals surface area contributed by atoms with Crippen molar-refractivity contribution in [2.24, 2.45) is 5.92 Å². The summed E-state index contributed by atoms with van der Waals surface area (Å²) in [5.74, 6) is -0.843. The summed E-state index contributed by atoms with van der Waals surface area (Å²) < 4.78 is 1.32. The Hall–Kier alpha value is -1.69. The summed E-state index contributed by atoms with van der Waals surface area (Å²) >= 11 is 3.61. The van der Waals surface area contributed by atoms with Crippen molar-refractivity contribution in [3.8, 4) is 0 Å². The van der Waals surface area contributed by atoms with E-state index in [-0.39, 0.29) is 12.0 Å². The van der Waals surface area contributed by atoms with Crippen LogP contribution in [-0.2, 0) is 4.79 Å². The van der Waals surface area contributed by atoms with Gasteiger partial charge < -0.3 is 5.11 Å². The Morgan fingerprint density at radius 1 is 1.20 bits per heavy atom. The molecule has 0 spiro atoms. The number of hydrogen-bond donors (Lipinski definition) is 1. The van der Waals surface area contributed by atoms with E-state index in [2.05, 4.69) is 52.9 Å². The van der Waals surface area contributed by atoms with Crippen LogP contribution < -0.4 is 0 Å². The standard InChI is InChI=1S/C20H21NO2S2/c1-13-8-11-24-19(13)18(21-9-6-14(7-10-21)20(22)23)16-12-25-17-5-3-2-4-15(16)17/h2-5,8,11-12,14,18H,6-7,9-10H2,1H3,(H,22,23). The summed E-state index contributed by atoms with van der Waals surface area (Å²) in [6, 6.07) is 11.0. The number of likely N-dealkylation sites (tertiary alicyclic amines) is 1. The average molecular weight is 372 g/mol. The van der Waals surface area contributed by atoms with E-state index in [1.807, 2.05) is 11.3 Å². The first-order chi connectivity index (χ1) is 12.1. The number of benzene rings is 1. The number of thiophene rings is 2. The van der Waals surface area contributed by atoms with E-state index in [0.717, 1.165) is 25.9 Å². The minimum absolute atomic E-state index is 0.194. The molecular weight excluding hydrogens is 350 g/mol. The van der Waals surface area contributed by atoms with Gasteiger partial charge >= 0.3 is 5.97 Å². The van der Waals surface area contributed by atoms with Crippen LogP contribution in [0.2, 0.25) is 0 Å². The smallest absolute Gasteiger partial charge is 0.306 e. The lowest BCUT2D eigenvalue weighted by molar-refractivity contribution is -0.143. The summed E-state index contributed by atoms with van der Waals surface area (Å²) in [6.07, 6.45) is 1.47. The number of aliphatic carboxylic acids is 1. The van der Waals surface area contributed by atoms with Crippen molar-refractivity contribution in [2.75, 3.05) is 13.1 Å². The molecule has 1 atom stereocenters. The molecular formula is C20H21NO2S2. The van der Waals surface area contributed by atoms with Gasteiger partial charge in [-0.15, -0.1) is 22.7 Å². The Morgan fingerprint density at radius 2 is 1.96 bits per heavy atom. The number of rotatable bonds is 4. The van der Waals surface area contributed by atoms with E-state index in [1.165, 1.54) is 26.1 Å². The zero-order valence-corrected chi connectivity index (χ0v) is 15.8. The highest BCUT2D eigenvalue weighted by Crippen LogP contribution is 2.41. The highest BCUT2D eigenvalue weighted by molar-refractivity contribution is 7.17. The van der Waals surface area contributed by atoms with Crippen LogP contribution in [-0.4, -0.2) is 29.1 Å². The first kappa shape index (κ1) is 16.8. The normalized spacial score (nSPS) is 17.8. The Bertz CT molecular complexity index is 890. The van der Waals surface area contributed by atoms with Crippen molar-refractivity contribution < 1.29 is 9.90 Å².